The molecule has 2 aromatic rings. The van der Waals surface area contributed by atoms with E-state index in [4.69, 9.17) is 18.9 Å². The average Bonchev–Trinajstić information content (AvgIpc) is 2.65. The van der Waals surface area contributed by atoms with Crippen molar-refractivity contribution in [1.82, 2.24) is 5.32 Å². The van der Waals surface area contributed by atoms with E-state index in [0.29, 0.717) is 35.1 Å². The van der Waals surface area contributed by atoms with E-state index in [1.165, 1.54) is 14.2 Å². The highest BCUT2D eigenvalue weighted by atomic mass is 16.5. The number of para-hydroxylation sites is 1. The molecule has 0 aliphatic heterocycles. The molecule has 0 aliphatic rings. The molecule has 0 radical (unpaired) electrons. The number of benzene rings is 2. The number of hydrogen-bond donors (Lipinski definition) is 1. The molecule has 2 aromatic carbocycles. The SMILES string of the molecule is COc1cc(CNC(=O)c2cccc(OC)c2OC)ccc1OC(C)C. The lowest BCUT2D eigenvalue weighted by molar-refractivity contribution is 0.0947. The van der Waals surface area contributed by atoms with Crippen molar-refractivity contribution in [2.45, 2.75) is 26.5 Å². The van der Waals surface area contributed by atoms with Crippen molar-refractivity contribution in [2.75, 3.05) is 21.3 Å². The van der Waals surface area contributed by atoms with Gasteiger partial charge in [-0.15, -0.1) is 0 Å². The topological polar surface area (TPSA) is 66.0 Å². The Hall–Kier alpha value is -2.89. The molecular weight excluding hydrogens is 334 g/mol. The fraction of sp³-hybridized carbons (Fsp3) is 0.350. The molecule has 1 N–H and O–H groups in total. The summed E-state index contributed by atoms with van der Waals surface area (Å²) < 4.78 is 21.6. The highest BCUT2D eigenvalue weighted by Gasteiger charge is 2.16. The first-order valence-electron chi connectivity index (χ1n) is 8.32. The van der Waals surface area contributed by atoms with E-state index in [9.17, 15) is 4.79 Å². The number of rotatable bonds is 8. The van der Waals surface area contributed by atoms with Gasteiger partial charge in [0.05, 0.1) is 33.0 Å². The van der Waals surface area contributed by atoms with Gasteiger partial charge < -0.3 is 24.3 Å². The van der Waals surface area contributed by atoms with Crippen LogP contribution in [0.5, 0.6) is 23.0 Å². The third-order valence-corrected chi connectivity index (χ3v) is 3.69. The van der Waals surface area contributed by atoms with Crippen molar-refractivity contribution < 1.29 is 23.7 Å². The van der Waals surface area contributed by atoms with E-state index in [1.807, 2.05) is 32.0 Å². The van der Waals surface area contributed by atoms with Crippen LogP contribution in [-0.2, 0) is 6.54 Å². The highest BCUT2D eigenvalue weighted by molar-refractivity contribution is 5.97. The van der Waals surface area contributed by atoms with Gasteiger partial charge in [-0.1, -0.05) is 12.1 Å². The van der Waals surface area contributed by atoms with Gasteiger partial charge in [-0.3, -0.25) is 4.79 Å². The number of carbonyl (C=O) groups is 1. The highest BCUT2D eigenvalue weighted by Crippen LogP contribution is 2.31. The van der Waals surface area contributed by atoms with Gasteiger partial charge in [0.1, 0.15) is 0 Å². The van der Waals surface area contributed by atoms with E-state index in [1.54, 1.807) is 25.3 Å². The van der Waals surface area contributed by atoms with Crippen LogP contribution in [0.2, 0.25) is 0 Å². The molecule has 0 aliphatic carbocycles. The van der Waals surface area contributed by atoms with Crippen LogP contribution in [0.25, 0.3) is 0 Å². The number of nitrogens with one attached hydrogen (secondary N) is 1. The van der Waals surface area contributed by atoms with E-state index >= 15 is 0 Å². The number of ether oxygens (including phenoxy) is 4. The minimum atomic E-state index is -0.248. The van der Waals surface area contributed by atoms with Crippen molar-refractivity contribution in [1.29, 1.82) is 0 Å². The lowest BCUT2D eigenvalue weighted by Gasteiger charge is -2.15. The molecule has 0 spiro atoms. The van der Waals surface area contributed by atoms with E-state index in [2.05, 4.69) is 5.32 Å². The Morgan fingerprint density at radius 2 is 1.69 bits per heavy atom. The first-order chi connectivity index (χ1) is 12.5. The lowest BCUT2D eigenvalue weighted by atomic mass is 10.1. The lowest BCUT2D eigenvalue weighted by Crippen LogP contribution is -2.23. The fourth-order valence-corrected chi connectivity index (χ4v) is 2.52. The molecule has 0 unspecified atom stereocenters. The number of carbonyl (C=O) groups excluding carboxylic acids is 1. The number of hydrogen-bond acceptors (Lipinski definition) is 5. The van der Waals surface area contributed by atoms with E-state index in [0.717, 1.165) is 5.56 Å². The van der Waals surface area contributed by atoms with Gasteiger partial charge in [0, 0.05) is 6.54 Å². The molecule has 1 amide bonds. The molecule has 6 heteroatoms. The third kappa shape index (κ3) is 4.59. The maximum atomic E-state index is 12.5. The smallest absolute Gasteiger partial charge is 0.255 e. The molecule has 0 fully saturated rings. The van der Waals surface area contributed by atoms with Gasteiger partial charge in [-0.25, -0.2) is 0 Å². The standard InChI is InChI=1S/C20H25NO5/c1-13(2)26-16-10-9-14(11-18(16)24-4)12-21-20(22)15-7-6-8-17(23-3)19(15)25-5/h6-11,13H,12H2,1-5H3,(H,21,22). The Labute approximate surface area is 154 Å². The van der Waals surface area contributed by atoms with Crippen molar-refractivity contribution in [3.05, 3.63) is 47.5 Å². The Bertz CT molecular complexity index is 758. The van der Waals surface area contributed by atoms with Crippen LogP contribution in [-0.4, -0.2) is 33.3 Å². The van der Waals surface area contributed by atoms with Gasteiger partial charge in [0.25, 0.3) is 5.91 Å². The number of amides is 1. The molecule has 0 atom stereocenters. The van der Waals surface area contributed by atoms with Gasteiger partial charge >= 0.3 is 0 Å². The van der Waals surface area contributed by atoms with E-state index in [-0.39, 0.29) is 12.0 Å². The molecule has 0 aromatic heterocycles. The maximum Gasteiger partial charge on any atom is 0.255 e. The quantitative estimate of drug-likeness (QED) is 0.782. The van der Waals surface area contributed by atoms with Crippen molar-refractivity contribution in [2.24, 2.45) is 0 Å². The van der Waals surface area contributed by atoms with Crippen LogP contribution in [0, 0.1) is 0 Å². The molecule has 2 rings (SSSR count). The van der Waals surface area contributed by atoms with Crippen LogP contribution in [0.15, 0.2) is 36.4 Å². The fourth-order valence-electron chi connectivity index (χ4n) is 2.52. The second kappa shape index (κ2) is 8.99. The van der Waals surface area contributed by atoms with E-state index < -0.39 is 0 Å². The Kier molecular flexibility index (Phi) is 6.72. The maximum absolute atomic E-state index is 12.5. The summed E-state index contributed by atoms with van der Waals surface area (Å²) in [6.07, 6.45) is 0.0509. The summed E-state index contributed by atoms with van der Waals surface area (Å²) in [5.41, 5.74) is 1.31. The third-order valence-electron chi connectivity index (χ3n) is 3.69. The number of methoxy groups -OCH3 is 3. The van der Waals surface area contributed by atoms with Crippen molar-refractivity contribution in [3.8, 4) is 23.0 Å². The second-order valence-corrected chi connectivity index (χ2v) is 5.88. The molecule has 6 nitrogen and oxygen atoms in total. The second-order valence-electron chi connectivity index (χ2n) is 5.88. The Morgan fingerprint density at radius 1 is 0.962 bits per heavy atom. The summed E-state index contributed by atoms with van der Waals surface area (Å²) in [6.45, 7) is 4.25. The summed E-state index contributed by atoms with van der Waals surface area (Å²) >= 11 is 0. The summed E-state index contributed by atoms with van der Waals surface area (Å²) in [4.78, 5) is 12.5. The van der Waals surface area contributed by atoms with Crippen molar-refractivity contribution >= 4 is 5.91 Å². The van der Waals surface area contributed by atoms with Crippen LogP contribution in [0.1, 0.15) is 29.8 Å². The first kappa shape index (κ1) is 19.4. The van der Waals surface area contributed by atoms with Crippen LogP contribution in [0.4, 0.5) is 0 Å². The van der Waals surface area contributed by atoms with Crippen LogP contribution >= 0.6 is 0 Å². The molecule has 0 heterocycles. The molecule has 0 saturated carbocycles. The van der Waals surface area contributed by atoms with Crippen LogP contribution < -0.4 is 24.3 Å². The first-order valence-corrected chi connectivity index (χ1v) is 8.32. The minimum Gasteiger partial charge on any atom is -0.493 e. The molecule has 140 valence electrons. The average molecular weight is 359 g/mol. The molecule has 0 bridgehead atoms. The zero-order valence-corrected chi connectivity index (χ0v) is 15.8. The predicted molar refractivity (Wildman–Crippen MR) is 99.5 cm³/mol. The van der Waals surface area contributed by atoms with Crippen molar-refractivity contribution in [3.63, 3.8) is 0 Å². The largest absolute Gasteiger partial charge is 0.493 e. The Morgan fingerprint density at radius 3 is 2.31 bits per heavy atom. The molecular formula is C20H25NO5. The minimum absolute atomic E-state index is 0.0509. The normalized spacial score (nSPS) is 10.4. The summed E-state index contributed by atoms with van der Waals surface area (Å²) in [7, 11) is 4.63. The summed E-state index contributed by atoms with van der Waals surface area (Å²) in [6, 6.07) is 10.8. The summed E-state index contributed by atoms with van der Waals surface area (Å²) in [5, 5.41) is 2.88. The zero-order valence-electron chi connectivity index (χ0n) is 15.8. The summed E-state index contributed by atoms with van der Waals surface area (Å²) in [5.74, 6) is 1.97. The van der Waals surface area contributed by atoms with Gasteiger partial charge in [0.2, 0.25) is 0 Å². The van der Waals surface area contributed by atoms with Gasteiger partial charge in [-0.05, 0) is 43.7 Å². The Balaban J connectivity index is 2.13. The van der Waals surface area contributed by atoms with Crippen LogP contribution in [0.3, 0.4) is 0 Å². The zero-order chi connectivity index (χ0) is 19.1. The molecule has 26 heavy (non-hydrogen) atoms. The predicted octanol–water partition coefficient (Wildman–Crippen LogP) is 3.43. The van der Waals surface area contributed by atoms with Gasteiger partial charge in [0.15, 0.2) is 23.0 Å². The monoisotopic (exact) mass is 359 g/mol. The van der Waals surface area contributed by atoms with Gasteiger partial charge in [-0.2, -0.15) is 0 Å². The molecule has 0 saturated heterocycles.